The normalized spacial score (nSPS) is 10.5. The van der Waals surface area contributed by atoms with Crippen LogP contribution in [0.4, 0.5) is 0 Å². The topological polar surface area (TPSA) is 38.5 Å². The molecule has 0 saturated heterocycles. The number of hydrogen-bond donors (Lipinski definition) is 1. The molecule has 1 aromatic carbocycles. The Morgan fingerprint density at radius 3 is 2.38 bits per heavy atom. The van der Waals surface area contributed by atoms with Crippen LogP contribution in [0, 0.1) is 0 Å². The van der Waals surface area contributed by atoms with E-state index in [0.29, 0.717) is 0 Å². The highest BCUT2D eigenvalue weighted by Gasteiger charge is 1.97. The molecular weight excluding hydrogens is 164 g/mol. The molecule has 0 aliphatic rings. The lowest BCUT2D eigenvalue weighted by molar-refractivity contribution is 0.290. The fraction of sp³-hybridized carbons (Fsp3) is 0.400. The molecule has 0 spiro atoms. The van der Waals surface area contributed by atoms with Crippen LogP contribution in [0.1, 0.15) is 12.5 Å². The van der Waals surface area contributed by atoms with Crippen LogP contribution in [-0.4, -0.2) is 18.7 Å². The van der Waals surface area contributed by atoms with Gasteiger partial charge in [-0.1, -0.05) is 19.1 Å². The minimum atomic E-state index is 0.778. The lowest BCUT2D eigenvalue weighted by atomic mass is 10.2. The van der Waals surface area contributed by atoms with Crippen molar-refractivity contribution in [3.05, 3.63) is 29.8 Å². The summed E-state index contributed by atoms with van der Waals surface area (Å²) in [6.45, 7) is 3.66. The summed E-state index contributed by atoms with van der Waals surface area (Å²) in [5.41, 5.74) is 1.20. The van der Waals surface area contributed by atoms with Gasteiger partial charge in [-0.3, -0.25) is 5.84 Å². The summed E-state index contributed by atoms with van der Waals surface area (Å²) in [6, 6.07) is 7.93. The molecular formula is C10H16N2O. The van der Waals surface area contributed by atoms with Crippen molar-refractivity contribution in [1.82, 2.24) is 5.01 Å². The van der Waals surface area contributed by atoms with Crippen LogP contribution >= 0.6 is 0 Å². The Hall–Kier alpha value is -1.06. The summed E-state index contributed by atoms with van der Waals surface area (Å²) in [4.78, 5) is 0. The molecule has 2 N–H and O–H groups in total. The highest BCUT2D eigenvalue weighted by atomic mass is 16.5. The van der Waals surface area contributed by atoms with Gasteiger partial charge >= 0.3 is 0 Å². The van der Waals surface area contributed by atoms with E-state index in [0.717, 1.165) is 18.8 Å². The van der Waals surface area contributed by atoms with Crippen molar-refractivity contribution >= 4 is 0 Å². The van der Waals surface area contributed by atoms with E-state index in [1.165, 1.54) is 5.56 Å². The van der Waals surface area contributed by atoms with Gasteiger partial charge in [-0.05, 0) is 17.7 Å². The van der Waals surface area contributed by atoms with E-state index in [1.54, 1.807) is 12.1 Å². The van der Waals surface area contributed by atoms with Gasteiger partial charge in [-0.15, -0.1) is 0 Å². The predicted molar refractivity (Wildman–Crippen MR) is 53.3 cm³/mol. The van der Waals surface area contributed by atoms with Gasteiger partial charge in [0.1, 0.15) is 5.75 Å². The van der Waals surface area contributed by atoms with Crippen molar-refractivity contribution in [2.75, 3.05) is 13.7 Å². The number of ether oxygens (including phenoxy) is 1. The van der Waals surface area contributed by atoms with Crippen molar-refractivity contribution < 1.29 is 4.74 Å². The van der Waals surface area contributed by atoms with Gasteiger partial charge in [0.25, 0.3) is 0 Å². The smallest absolute Gasteiger partial charge is 0.118 e. The molecule has 3 heteroatoms. The number of rotatable bonds is 4. The average molecular weight is 180 g/mol. The van der Waals surface area contributed by atoms with Crippen molar-refractivity contribution in [3.8, 4) is 5.75 Å². The van der Waals surface area contributed by atoms with Crippen LogP contribution in [0.15, 0.2) is 24.3 Å². The molecule has 3 nitrogen and oxygen atoms in total. The third kappa shape index (κ3) is 3.05. The van der Waals surface area contributed by atoms with Gasteiger partial charge in [0, 0.05) is 13.1 Å². The maximum atomic E-state index is 5.68. The second-order valence-electron chi connectivity index (χ2n) is 2.91. The number of nitrogens with zero attached hydrogens (tertiary/aromatic N) is 1. The maximum absolute atomic E-state index is 5.68. The fourth-order valence-corrected chi connectivity index (χ4v) is 1.08. The first-order chi connectivity index (χ1) is 6.26. The predicted octanol–water partition coefficient (Wildman–Crippen LogP) is 1.39. The molecule has 0 aliphatic heterocycles. The van der Waals surface area contributed by atoms with Gasteiger partial charge in [0.05, 0.1) is 7.11 Å². The molecule has 0 aromatic heterocycles. The minimum Gasteiger partial charge on any atom is -0.497 e. The lowest BCUT2D eigenvalue weighted by Crippen LogP contribution is -2.29. The molecule has 0 amide bonds. The van der Waals surface area contributed by atoms with Crippen LogP contribution in [0.5, 0.6) is 5.75 Å². The van der Waals surface area contributed by atoms with E-state index in [-0.39, 0.29) is 0 Å². The van der Waals surface area contributed by atoms with E-state index in [2.05, 4.69) is 0 Å². The fourth-order valence-electron chi connectivity index (χ4n) is 1.08. The van der Waals surface area contributed by atoms with Gasteiger partial charge < -0.3 is 4.74 Å². The van der Waals surface area contributed by atoms with E-state index >= 15 is 0 Å². The van der Waals surface area contributed by atoms with E-state index in [4.69, 9.17) is 10.6 Å². The first-order valence-corrected chi connectivity index (χ1v) is 4.39. The summed E-state index contributed by atoms with van der Waals surface area (Å²) in [7, 11) is 1.66. The van der Waals surface area contributed by atoms with Crippen LogP contribution in [-0.2, 0) is 6.54 Å². The second-order valence-corrected chi connectivity index (χ2v) is 2.91. The number of nitrogens with two attached hydrogens (primary N) is 1. The Labute approximate surface area is 79.1 Å². The molecule has 0 heterocycles. The highest BCUT2D eigenvalue weighted by molar-refractivity contribution is 5.26. The molecule has 0 radical (unpaired) electrons. The quantitative estimate of drug-likeness (QED) is 0.562. The van der Waals surface area contributed by atoms with Crippen LogP contribution in [0.2, 0.25) is 0 Å². The Bertz CT molecular complexity index is 246. The minimum absolute atomic E-state index is 0.778. The second kappa shape index (κ2) is 4.84. The molecule has 72 valence electrons. The molecule has 0 aliphatic carbocycles. The molecule has 0 atom stereocenters. The van der Waals surface area contributed by atoms with Crippen LogP contribution in [0.25, 0.3) is 0 Å². The molecule has 0 unspecified atom stereocenters. The summed E-state index contributed by atoms with van der Waals surface area (Å²) in [6.07, 6.45) is 0. The van der Waals surface area contributed by atoms with E-state index in [9.17, 15) is 0 Å². The monoisotopic (exact) mass is 180 g/mol. The van der Waals surface area contributed by atoms with Crippen molar-refractivity contribution in [1.29, 1.82) is 0 Å². The zero-order valence-electron chi connectivity index (χ0n) is 8.16. The SMILES string of the molecule is CCN(N)Cc1ccc(OC)cc1. The number of methoxy groups -OCH3 is 1. The molecule has 1 aromatic rings. The average Bonchev–Trinajstić information content (AvgIpc) is 2.19. The molecule has 13 heavy (non-hydrogen) atoms. The highest BCUT2D eigenvalue weighted by Crippen LogP contribution is 2.11. The third-order valence-electron chi connectivity index (χ3n) is 1.95. The Kier molecular flexibility index (Phi) is 3.73. The summed E-state index contributed by atoms with van der Waals surface area (Å²) in [5, 5.41) is 1.77. The van der Waals surface area contributed by atoms with Crippen LogP contribution < -0.4 is 10.6 Å². The third-order valence-corrected chi connectivity index (χ3v) is 1.95. The first kappa shape index (κ1) is 10.0. The maximum Gasteiger partial charge on any atom is 0.118 e. The standard InChI is InChI=1S/C10H16N2O/c1-3-12(11)8-9-4-6-10(13-2)7-5-9/h4-7H,3,8,11H2,1-2H3. The van der Waals surface area contributed by atoms with Crippen LogP contribution in [0.3, 0.4) is 0 Å². The molecule has 1 rings (SSSR count). The first-order valence-electron chi connectivity index (χ1n) is 4.39. The Morgan fingerprint density at radius 1 is 1.31 bits per heavy atom. The Morgan fingerprint density at radius 2 is 1.92 bits per heavy atom. The van der Waals surface area contributed by atoms with Crippen molar-refractivity contribution in [2.45, 2.75) is 13.5 Å². The summed E-state index contributed by atoms with van der Waals surface area (Å²) in [5.74, 6) is 6.56. The zero-order valence-corrected chi connectivity index (χ0v) is 8.16. The largest absolute Gasteiger partial charge is 0.497 e. The van der Waals surface area contributed by atoms with Crippen molar-refractivity contribution in [2.24, 2.45) is 5.84 Å². The number of benzene rings is 1. The molecule has 0 fully saturated rings. The van der Waals surface area contributed by atoms with Crippen molar-refractivity contribution in [3.63, 3.8) is 0 Å². The molecule has 0 saturated carbocycles. The van der Waals surface area contributed by atoms with E-state index < -0.39 is 0 Å². The number of hydrogen-bond acceptors (Lipinski definition) is 3. The van der Waals surface area contributed by atoms with Gasteiger partial charge in [-0.2, -0.15) is 0 Å². The van der Waals surface area contributed by atoms with Gasteiger partial charge in [0.15, 0.2) is 0 Å². The summed E-state index contributed by atoms with van der Waals surface area (Å²) >= 11 is 0. The Balaban J connectivity index is 2.58. The zero-order chi connectivity index (χ0) is 9.68. The summed E-state index contributed by atoms with van der Waals surface area (Å²) < 4.78 is 5.06. The van der Waals surface area contributed by atoms with Gasteiger partial charge in [0.2, 0.25) is 0 Å². The molecule has 0 bridgehead atoms. The lowest BCUT2D eigenvalue weighted by Gasteiger charge is -2.13. The van der Waals surface area contributed by atoms with E-state index in [1.807, 2.05) is 31.2 Å². The number of hydrazine groups is 1. The van der Waals surface area contributed by atoms with Gasteiger partial charge in [-0.25, -0.2) is 5.01 Å².